The van der Waals surface area contributed by atoms with Gasteiger partial charge in [-0.3, -0.25) is 4.79 Å². The molecule has 0 aliphatic heterocycles. The molecule has 0 saturated carbocycles. The summed E-state index contributed by atoms with van der Waals surface area (Å²) in [6.07, 6.45) is 0.778. The van der Waals surface area contributed by atoms with E-state index in [1.807, 2.05) is 30.3 Å². The van der Waals surface area contributed by atoms with Gasteiger partial charge in [0.15, 0.2) is 0 Å². The Morgan fingerprint density at radius 3 is 2.67 bits per heavy atom. The molecule has 1 aromatic heterocycles. The smallest absolute Gasteiger partial charge is 0.355 e. The summed E-state index contributed by atoms with van der Waals surface area (Å²) in [6, 6.07) is 16.4. The predicted molar refractivity (Wildman–Crippen MR) is 79.2 cm³/mol. The topological polar surface area (TPSA) is 59.2 Å². The largest absolute Gasteiger partial charge is 0.456 e. The molecule has 0 spiro atoms. The lowest BCUT2D eigenvalue weighted by molar-refractivity contribution is 0.0467. The molecule has 4 heteroatoms. The number of H-pyrrole nitrogens is 1. The van der Waals surface area contributed by atoms with Crippen molar-refractivity contribution >= 4 is 23.2 Å². The summed E-state index contributed by atoms with van der Waals surface area (Å²) in [7, 11) is 0. The van der Waals surface area contributed by atoms with Gasteiger partial charge >= 0.3 is 5.97 Å². The van der Waals surface area contributed by atoms with Gasteiger partial charge in [-0.25, -0.2) is 4.79 Å². The van der Waals surface area contributed by atoms with Gasteiger partial charge in [-0.2, -0.15) is 0 Å². The Labute approximate surface area is 121 Å². The molecule has 0 unspecified atom stereocenters. The zero-order valence-corrected chi connectivity index (χ0v) is 11.2. The van der Waals surface area contributed by atoms with E-state index in [9.17, 15) is 9.59 Å². The fourth-order valence-electron chi connectivity index (χ4n) is 2.14. The third kappa shape index (κ3) is 2.84. The van der Waals surface area contributed by atoms with Gasteiger partial charge in [-0.15, -0.1) is 0 Å². The molecule has 0 atom stereocenters. The van der Waals surface area contributed by atoms with E-state index in [0.717, 1.165) is 22.8 Å². The summed E-state index contributed by atoms with van der Waals surface area (Å²) < 4.78 is 5.26. The number of carbonyl (C=O) groups excluding carboxylic acids is 2. The molecule has 1 heterocycles. The molecule has 1 N–H and O–H groups in total. The molecule has 0 saturated heterocycles. The van der Waals surface area contributed by atoms with E-state index in [0.29, 0.717) is 11.3 Å². The molecule has 0 amide bonds. The number of hydrogen-bond donors (Lipinski definition) is 1. The van der Waals surface area contributed by atoms with E-state index in [2.05, 4.69) is 4.98 Å². The number of ether oxygens (including phenoxy) is 1. The monoisotopic (exact) mass is 279 g/mol. The van der Waals surface area contributed by atoms with Gasteiger partial charge in [0.2, 0.25) is 0 Å². The second-order valence-electron chi connectivity index (χ2n) is 4.71. The maximum atomic E-state index is 12.0. The minimum Gasteiger partial charge on any atom is -0.456 e. The standard InChI is InChI=1S/C17H13NO3/c19-10-13-6-7-15-14(8-13)9-16(18-15)17(20)21-11-12-4-2-1-3-5-12/h1-10,18H,11H2. The zero-order chi connectivity index (χ0) is 14.7. The number of benzene rings is 2. The first-order valence-electron chi connectivity index (χ1n) is 6.55. The number of rotatable bonds is 4. The number of esters is 1. The Balaban J connectivity index is 1.76. The van der Waals surface area contributed by atoms with Crippen LogP contribution in [-0.2, 0) is 11.3 Å². The summed E-state index contributed by atoms with van der Waals surface area (Å²) in [6.45, 7) is 0.231. The molecule has 3 aromatic rings. The minimum absolute atomic E-state index is 0.231. The van der Waals surface area contributed by atoms with Crippen molar-refractivity contribution in [2.45, 2.75) is 6.61 Å². The Hall–Kier alpha value is -2.88. The van der Waals surface area contributed by atoms with Crippen LogP contribution in [0, 0.1) is 0 Å². The number of nitrogens with one attached hydrogen (secondary N) is 1. The van der Waals surface area contributed by atoms with Gasteiger partial charge in [0.25, 0.3) is 0 Å². The van der Waals surface area contributed by atoms with Gasteiger partial charge in [-0.05, 0) is 29.8 Å². The molecule has 0 aliphatic rings. The van der Waals surface area contributed by atoms with Crippen molar-refractivity contribution in [2.24, 2.45) is 0 Å². The predicted octanol–water partition coefficient (Wildman–Crippen LogP) is 3.34. The Kier molecular flexibility index (Phi) is 3.51. The zero-order valence-electron chi connectivity index (χ0n) is 11.2. The van der Waals surface area contributed by atoms with Crippen LogP contribution in [0.5, 0.6) is 0 Å². The van der Waals surface area contributed by atoms with Gasteiger partial charge < -0.3 is 9.72 Å². The maximum absolute atomic E-state index is 12.0. The van der Waals surface area contributed by atoms with Gasteiger partial charge in [0, 0.05) is 16.5 Å². The lowest BCUT2D eigenvalue weighted by Crippen LogP contribution is -2.05. The molecule has 0 radical (unpaired) electrons. The summed E-state index contributed by atoms with van der Waals surface area (Å²) in [5.74, 6) is -0.414. The van der Waals surface area contributed by atoms with Crippen LogP contribution in [-0.4, -0.2) is 17.2 Å². The Morgan fingerprint density at radius 1 is 1.10 bits per heavy atom. The number of aromatic nitrogens is 1. The van der Waals surface area contributed by atoms with Gasteiger partial charge in [0.1, 0.15) is 18.6 Å². The average molecular weight is 279 g/mol. The van der Waals surface area contributed by atoms with Crippen LogP contribution in [0.1, 0.15) is 26.4 Å². The third-order valence-corrected chi connectivity index (χ3v) is 3.21. The highest BCUT2D eigenvalue weighted by Gasteiger charge is 2.11. The fraction of sp³-hybridized carbons (Fsp3) is 0.0588. The molecule has 0 fully saturated rings. The van der Waals surface area contributed by atoms with Crippen molar-refractivity contribution in [1.29, 1.82) is 0 Å². The van der Waals surface area contributed by atoms with Gasteiger partial charge in [-0.1, -0.05) is 30.3 Å². The molecule has 4 nitrogen and oxygen atoms in total. The van der Waals surface area contributed by atoms with E-state index in [1.165, 1.54) is 0 Å². The maximum Gasteiger partial charge on any atom is 0.355 e. The number of hydrogen-bond acceptors (Lipinski definition) is 3. The lowest BCUT2D eigenvalue weighted by atomic mass is 10.2. The van der Waals surface area contributed by atoms with Crippen LogP contribution in [0.25, 0.3) is 10.9 Å². The summed E-state index contributed by atoms with van der Waals surface area (Å²) >= 11 is 0. The average Bonchev–Trinajstić information content (AvgIpc) is 2.96. The van der Waals surface area contributed by atoms with Crippen molar-refractivity contribution in [3.05, 3.63) is 71.4 Å². The summed E-state index contributed by atoms with van der Waals surface area (Å²) in [4.78, 5) is 25.8. The molecular formula is C17H13NO3. The van der Waals surface area contributed by atoms with E-state index >= 15 is 0 Å². The van der Waals surface area contributed by atoms with Crippen LogP contribution < -0.4 is 0 Å². The van der Waals surface area contributed by atoms with Crippen LogP contribution in [0.4, 0.5) is 0 Å². The van der Waals surface area contributed by atoms with Crippen LogP contribution in [0.15, 0.2) is 54.6 Å². The number of fused-ring (bicyclic) bond motifs is 1. The highest BCUT2D eigenvalue weighted by atomic mass is 16.5. The van der Waals surface area contributed by atoms with E-state index in [-0.39, 0.29) is 6.61 Å². The second kappa shape index (κ2) is 5.63. The summed E-state index contributed by atoms with van der Waals surface area (Å²) in [5, 5.41) is 0.811. The SMILES string of the molecule is O=Cc1ccc2[nH]c(C(=O)OCc3ccccc3)cc2c1. The van der Waals surface area contributed by atoms with Crippen molar-refractivity contribution in [1.82, 2.24) is 4.98 Å². The van der Waals surface area contributed by atoms with E-state index in [4.69, 9.17) is 4.74 Å². The molecule has 2 aromatic carbocycles. The van der Waals surface area contributed by atoms with Crippen molar-refractivity contribution in [2.75, 3.05) is 0 Å². The van der Waals surface area contributed by atoms with Crippen LogP contribution in [0.3, 0.4) is 0 Å². The molecule has 21 heavy (non-hydrogen) atoms. The Bertz CT molecular complexity index is 790. The van der Waals surface area contributed by atoms with Gasteiger partial charge in [0.05, 0.1) is 0 Å². The van der Waals surface area contributed by atoms with Crippen molar-refractivity contribution in [3.8, 4) is 0 Å². The van der Waals surface area contributed by atoms with E-state index < -0.39 is 5.97 Å². The van der Waals surface area contributed by atoms with Crippen molar-refractivity contribution < 1.29 is 14.3 Å². The van der Waals surface area contributed by atoms with Crippen LogP contribution >= 0.6 is 0 Å². The Morgan fingerprint density at radius 2 is 1.90 bits per heavy atom. The summed E-state index contributed by atoms with van der Waals surface area (Å²) in [5.41, 5.74) is 2.69. The van der Waals surface area contributed by atoms with Crippen molar-refractivity contribution in [3.63, 3.8) is 0 Å². The molecule has 0 aliphatic carbocycles. The quantitative estimate of drug-likeness (QED) is 0.588. The molecular weight excluding hydrogens is 266 g/mol. The third-order valence-electron chi connectivity index (χ3n) is 3.21. The van der Waals surface area contributed by atoms with E-state index in [1.54, 1.807) is 24.3 Å². The van der Waals surface area contributed by atoms with Crippen LogP contribution in [0.2, 0.25) is 0 Å². The molecule has 0 bridgehead atoms. The molecule has 104 valence electrons. The highest BCUT2D eigenvalue weighted by Crippen LogP contribution is 2.17. The number of aromatic amines is 1. The number of aldehydes is 1. The lowest BCUT2D eigenvalue weighted by Gasteiger charge is -2.02. The second-order valence-corrected chi connectivity index (χ2v) is 4.71. The first kappa shape index (κ1) is 13.1. The minimum atomic E-state index is -0.414. The fourth-order valence-corrected chi connectivity index (χ4v) is 2.14. The number of carbonyl (C=O) groups is 2. The first-order chi connectivity index (χ1) is 10.3. The molecule has 3 rings (SSSR count). The highest BCUT2D eigenvalue weighted by molar-refractivity contribution is 5.96. The first-order valence-corrected chi connectivity index (χ1v) is 6.55. The normalized spacial score (nSPS) is 10.5.